The van der Waals surface area contributed by atoms with Crippen LogP contribution in [0.3, 0.4) is 0 Å². The summed E-state index contributed by atoms with van der Waals surface area (Å²) in [6.45, 7) is 1.37. The summed E-state index contributed by atoms with van der Waals surface area (Å²) in [4.78, 5) is 29.1. The van der Waals surface area contributed by atoms with E-state index in [0.29, 0.717) is 18.0 Å². The summed E-state index contributed by atoms with van der Waals surface area (Å²) >= 11 is 0. The highest BCUT2D eigenvalue weighted by molar-refractivity contribution is 6.45. The summed E-state index contributed by atoms with van der Waals surface area (Å²) in [5, 5.41) is 0. The number of Topliss-reactive ketones (excluding diaryl/α,β-unsaturated/α-hetero) is 2. The highest BCUT2D eigenvalue weighted by atomic mass is 16.2. The second-order valence-electron chi connectivity index (χ2n) is 3.71. The van der Waals surface area contributed by atoms with E-state index in [9.17, 15) is 9.59 Å². The molecule has 0 saturated heterocycles. The summed E-state index contributed by atoms with van der Waals surface area (Å²) < 4.78 is 0. The average molecular weight is 242 g/mol. The second kappa shape index (κ2) is 5.59. The van der Waals surface area contributed by atoms with E-state index in [1.165, 1.54) is 6.92 Å². The molecule has 0 heterocycles. The third-order valence-corrected chi connectivity index (χ3v) is 2.69. The molecule has 0 unspecified atom stereocenters. The number of carbonyl (C=O) groups excluding carboxylic acids is 2. The monoisotopic (exact) mass is 242 g/mol. The van der Waals surface area contributed by atoms with Crippen LogP contribution in [0.2, 0.25) is 0 Å². The number of hydrogen-bond donors (Lipinski definition) is 0. The van der Waals surface area contributed by atoms with E-state index in [-0.39, 0.29) is 0 Å². The van der Waals surface area contributed by atoms with E-state index in [1.807, 2.05) is 0 Å². The molecule has 6 heteroatoms. The van der Waals surface area contributed by atoms with Crippen LogP contribution in [0.5, 0.6) is 0 Å². The van der Waals surface area contributed by atoms with Crippen LogP contribution in [0, 0.1) is 0 Å². The van der Waals surface area contributed by atoms with E-state index in [4.69, 9.17) is 11.1 Å². The first-order valence-electron chi connectivity index (χ1n) is 5.06. The molecule has 0 fully saturated rings. The van der Waals surface area contributed by atoms with Gasteiger partial charge in [0.2, 0.25) is 0 Å². The zero-order valence-electron chi connectivity index (χ0n) is 9.65. The minimum Gasteiger partial charge on any atom is -0.361 e. The molecule has 0 aliphatic rings. The first-order chi connectivity index (χ1) is 8.57. The van der Waals surface area contributed by atoms with Gasteiger partial charge in [0.25, 0.3) is 11.6 Å². The number of ketones is 2. The molecular weight excluding hydrogens is 232 g/mol. The van der Waals surface area contributed by atoms with Crippen molar-refractivity contribution in [1.29, 1.82) is 0 Å². The van der Waals surface area contributed by atoms with Crippen LogP contribution in [-0.2, 0) is 15.0 Å². The van der Waals surface area contributed by atoms with Crippen LogP contribution in [0.15, 0.2) is 30.3 Å². The Kier molecular flexibility index (Phi) is 4.16. The molecule has 0 aromatic heterocycles. The molecule has 1 rings (SSSR count). The van der Waals surface area contributed by atoms with Gasteiger partial charge < -0.3 is 11.1 Å². The summed E-state index contributed by atoms with van der Waals surface area (Å²) in [5.74, 6) is -1.41. The number of nitrogens with zero attached hydrogens (tertiary/aromatic N) is 4. The van der Waals surface area contributed by atoms with Gasteiger partial charge in [0.05, 0.1) is 0 Å². The molecule has 0 bridgehead atoms. The predicted molar refractivity (Wildman–Crippen MR) is 63.2 cm³/mol. The zero-order chi connectivity index (χ0) is 13.6. The number of rotatable bonds is 5. The zero-order valence-corrected chi connectivity index (χ0v) is 9.65. The maximum Gasteiger partial charge on any atom is 0.324 e. The third kappa shape index (κ3) is 2.35. The van der Waals surface area contributed by atoms with E-state index in [1.54, 1.807) is 30.3 Å². The van der Waals surface area contributed by atoms with Crippen LogP contribution in [-0.4, -0.2) is 33.6 Å². The first-order valence-corrected chi connectivity index (χ1v) is 5.06. The van der Waals surface area contributed by atoms with E-state index in [2.05, 4.69) is 9.58 Å². The molecule has 18 heavy (non-hydrogen) atoms. The van der Waals surface area contributed by atoms with E-state index < -0.39 is 17.0 Å². The lowest BCUT2D eigenvalue weighted by molar-refractivity contribution is -0.130. The van der Waals surface area contributed by atoms with Gasteiger partial charge in [-0.05, 0) is 12.5 Å². The molecule has 0 saturated carbocycles. The Morgan fingerprint density at radius 3 is 1.89 bits per heavy atom. The highest BCUT2D eigenvalue weighted by Crippen LogP contribution is 2.24. The number of benzene rings is 1. The van der Waals surface area contributed by atoms with Crippen molar-refractivity contribution in [3.8, 4) is 0 Å². The normalized spacial score (nSPS) is 12.5. The lowest BCUT2D eigenvalue weighted by Gasteiger charge is -2.20. The van der Waals surface area contributed by atoms with Crippen molar-refractivity contribution in [2.24, 2.45) is 0 Å². The Labute approximate surface area is 103 Å². The standard InChI is InChI=1S/C12H10N4O2/c1-12(10(17)7-15-13,11(18)8-16-14)9-5-3-2-4-6-9/h2-8H,1H3. The SMILES string of the molecule is CC(C(=O)C=[N+]=[N-])(C(=O)C=[N+]=[N-])c1ccccc1. The molecule has 6 nitrogen and oxygen atoms in total. The molecule has 1 aromatic rings. The summed E-state index contributed by atoms with van der Waals surface area (Å²) in [7, 11) is 0. The van der Waals surface area contributed by atoms with Crippen molar-refractivity contribution in [3.63, 3.8) is 0 Å². The smallest absolute Gasteiger partial charge is 0.324 e. The third-order valence-electron chi connectivity index (χ3n) is 2.69. The summed E-state index contributed by atoms with van der Waals surface area (Å²) in [6, 6.07) is 8.25. The van der Waals surface area contributed by atoms with Gasteiger partial charge in [-0.15, -0.1) is 0 Å². The van der Waals surface area contributed by atoms with Crippen molar-refractivity contribution in [1.82, 2.24) is 0 Å². The van der Waals surface area contributed by atoms with Crippen molar-refractivity contribution in [2.45, 2.75) is 12.3 Å². The molecule has 1 aromatic carbocycles. The molecule has 0 spiro atoms. The molecule has 0 aliphatic carbocycles. The van der Waals surface area contributed by atoms with Crippen LogP contribution in [0.25, 0.3) is 11.1 Å². The highest BCUT2D eigenvalue weighted by Gasteiger charge is 2.44. The Morgan fingerprint density at radius 2 is 1.50 bits per heavy atom. The van der Waals surface area contributed by atoms with Gasteiger partial charge in [0.1, 0.15) is 5.41 Å². The lowest BCUT2D eigenvalue weighted by Crippen LogP contribution is -2.42. The maximum absolute atomic E-state index is 11.9. The van der Waals surface area contributed by atoms with E-state index in [0.717, 1.165) is 0 Å². The van der Waals surface area contributed by atoms with Gasteiger partial charge in [-0.2, -0.15) is 9.58 Å². The number of hydrogen-bond acceptors (Lipinski definition) is 2. The van der Waals surface area contributed by atoms with Gasteiger partial charge in [-0.3, -0.25) is 9.59 Å². The fourth-order valence-electron chi connectivity index (χ4n) is 1.54. The number of carbonyl (C=O) groups is 2. The van der Waals surface area contributed by atoms with Crippen LogP contribution in [0.1, 0.15) is 12.5 Å². The van der Waals surface area contributed by atoms with Gasteiger partial charge in [-0.1, -0.05) is 30.3 Å². The minimum atomic E-state index is -1.58. The van der Waals surface area contributed by atoms with Crippen LogP contribution < -0.4 is 0 Å². The Hall–Kier alpha value is -2.68. The molecule has 0 radical (unpaired) electrons. The lowest BCUT2D eigenvalue weighted by atomic mass is 9.75. The van der Waals surface area contributed by atoms with Crippen molar-refractivity contribution in [2.75, 3.05) is 0 Å². The molecule has 0 amide bonds. The van der Waals surface area contributed by atoms with E-state index >= 15 is 0 Å². The van der Waals surface area contributed by atoms with Crippen molar-refractivity contribution in [3.05, 3.63) is 47.0 Å². The topological polar surface area (TPSA) is 107 Å². The molecule has 0 aliphatic heterocycles. The summed E-state index contributed by atoms with van der Waals surface area (Å²) in [6.07, 6.45) is 1.30. The van der Waals surface area contributed by atoms with Gasteiger partial charge >= 0.3 is 12.4 Å². The Bertz CT molecular complexity index is 537. The van der Waals surface area contributed by atoms with Crippen molar-refractivity contribution < 1.29 is 19.2 Å². The molecule has 0 N–H and O–H groups in total. The van der Waals surface area contributed by atoms with Crippen molar-refractivity contribution >= 4 is 24.0 Å². The fourth-order valence-corrected chi connectivity index (χ4v) is 1.54. The molecule has 90 valence electrons. The predicted octanol–water partition coefficient (Wildman–Crippen LogP) is 0.684. The molecule has 0 atom stereocenters. The van der Waals surface area contributed by atoms with Crippen LogP contribution >= 0.6 is 0 Å². The van der Waals surface area contributed by atoms with Crippen LogP contribution in [0.4, 0.5) is 0 Å². The summed E-state index contributed by atoms with van der Waals surface area (Å²) in [5.41, 5.74) is 15.7. The average Bonchev–Trinajstić information content (AvgIpc) is 2.39. The first kappa shape index (κ1) is 13.4. The largest absolute Gasteiger partial charge is 0.361 e. The Balaban J connectivity index is 3.43. The second-order valence-corrected chi connectivity index (χ2v) is 3.71. The minimum absolute atomic E-state index is 0.416. The maximum atomic E-state index is 11.9. The molecular formula is C12H10N4O2. The van der Waals surface area contributed by atoms with Gasteiger partial charge in [0.15, 0.2) is 0 Å². The van der Waals surface area contributed by atoms with Gasteiger partial charge in [0, 0.05) is 0 Å². The Morgan fingerprint density at radius 1 is 1.06 bits per heavy atom. The quantitative estimate of drug-likeness (QED) is 0.327. The van der Waals surface area contributed by atoms with Gasteiger partial charge in [-0.25, -0.2) is 0 Å². The fraction of sp³-hybridized carbons (Fsp3) is 0.167.